The van der Waals surface area contributed by atoms with Gasteiger partial charge in [0.2, 0.25) is 0 Å². The third-order valence-electron chi connectivity index (χ3n) is 6.03. The Morgan fingerprint density at radius 2 is 1.68 bits per heavy atom. The van der Waals surface area contributed by atoms with Crippen molar-refractivity contribution in [2.75, 3.05) is 9.80 Å². The number of benzene rings is 3. The van der Waals surface area contributed by atoms with Crippen molar-refractivity contribution in [1.29, 1.82) is 0 Å². The fraction of sp³-hybridized carbons (Fsp3) is 0.115. The molecule has 0 unspecified atom stereocenters. The minimum Gasteiger partial charge on any atom is -0.363 e. The van der Waals surface area contributed by atoms with Crippen LogP contribution < -0.4 is 15.1 Å². The first kappa shape index (κ1) is 22.6. The smallest absolute Gasteiger partial charge is 0.270 e. The maximum atomic E-state index is 13.3. The van der Waals surface area contributed by atoms with Gasteiger partial charge in [0, 0.05) is 18.8 Å². The molecule has 0 saturated carbocycles. The SMILES string of the molecule is Cc1cc(N2Cc3ccccc3C2)ccc1C=C1C(=O)NC(=S)N(c2cccc(Cl)c2Cl)C1=O. The van der Waals surface area contributed by atoms with E-state index in [2.05, 4.69) is 40.5 Å². The van der Waals surface area contributed by atoms with E-state index in [4.69, 9.17) is 35.4 Å². The van der Waals surface area contributed by atoms with Crippen LogP contribution in [0.5, 0.6) is 0 Å². The van der Waals surface area contributed by atoms with Gasteiger partial charge >= 0.3 is 0 Å². The zero-order chi connectivity index (χ0) is 24.0. The van der Waals surface area contributed by atoms with Crippen LogP contribution in [0, 0.1) is 6.92 Å². The summed E-state index contributed by atoms with van der Waals surface area (Å²) in [7, 11) is 0. The standard InChI is InChI=1S/C26H19Cl2N3O2S/c1-15-11-19(30-13-17-5-2-3-6-18(17)14-30)10-9-16(15)12-20-24(32)29-26(34)31(25(20)33)22-8-4-7-21(27)23(22)28/h2-12H,13-14H2,1H3,(H,29,32,34). The summed E-state index contributed by atoms with van der Waals surface area (Å²) in [5.74, 6) is -1.11. The molecule has 2 heterocycles. The van der Waals surface area contributed by atoms with Gasteiger partial charge in [0.25, 0.3) is 11.8 Å². The van der Waals surface area contributed by atoms with E-state index in [-0.39, 0.29) is 20.7 Å². The molecule has 5 rings (SSSR count). The van der Waals surface area contributed by atoms with Crippen LogP contribution in [-0.2, 0) is 22.7 Å². The first-order valence-electron chi connectivity index (χ1n) is 10.6. The zero-order valence-electron chi connectivity index (χ0n) is 18.1. The van der Waals surface area contributed by atoms with E-state index in [1.807, 2.05) is 19.1 Å². The zero-order valence-corrected chi connectivity index (χ0v) is 20.5. The molecule has 170 valence electrons. The maximum Gasteiger partial charge on any atom is 0.270 e. The minimum absolute atomic E-state index is 0.0333. The maximum absolute atomic E-state index is 13.3. The summed E-state index contributed by atoms with van der Waals surface area (Å²) >= 11 is 17.7. The van der Waals surface area contributed by atoms with Crippen molar-refractivity contribution in [3.63, 3.8) is 0 Å². The fourth-order valence-electron chi connectivity index (χ4n) is 4.23. The van der Waals surface area contributed by atoms with Crippen LogP contribution in [0.15, 0.2) is 66.2 Å². The first-order chi connectivity index (χ1) is 16.3. The van der Waals surface area contributed by atoms with E-state index in [1.165, 1.54) is 16.0 Å². The molecule has 2 aliphatic heterocycles. The van der Waals surface area contributed by atoms with Crippen LogP contribution in [-0.4, -0.2) is 16.9 Å². The number of nitrogens with one attached hydrogen (secondary N) is 1. The summed E-state index contributed by atoms with van der Waals surface area (Å²) in [6.45, 7) is 3.66. The number of hydrogen-bond donors (Lipinski definition) is 1. The van der Waals surface area contributed by atoms with Crippen LogP contribution in [0.3, 0.4) is 0 Å². The molecule has 1 N–H and O–H groups in total. The Balaban J connectivity index is 1.45. The van der Waals surface area contributed by atoms with Crippen molar-refractivity contribution in [2.45, 2.75) is 20.0 Å². The van der Waals surface area contributed by atoms with Crippen molar-refractivity contribution >= 4 is 69.8 Å². The normalized spacial score (nSPS) is 16.8. The van der Waals surface area contributed by atoms with Gasteiger partial charge in [-0.3, -0.25) is 19.8 Å². The molecule has 0 spiro atoms. The summed E-state index contributed by atoms with van der Waals surface area (Å²) in [6.07, 6.45) is 1.59. The molecule has 2 aliphatic rings. The molecule has 5 nitrogen and oxygen atoms in total. The van der Waals surface area contributed by atoms with Crippen molar-refractivity contribution in [1.82, 2.24) is 5.32 Å². The van der Waals surface area contributed by atoms with Crippen molar-refractivity contribution in [2.24, 2.45) is 0 Å². The largest absolute Gasteiger partial charge is 0.363 e. The Kier molecular flexibility index (Phi) is 5.90. The molecule has 0 aromatic heterocycles. The Morgan fingerprint density at radius 3 is 2.35 bits per heavy atom. The van der Waals surface area contributed by atoms with E-state index in [0.717, 1.165) is 29.9 Å². The van der Waals surface area contributed by atoms with Gasteiger partial charge in [0.05, 0.1) is 15.7 Å². The van der Waals surface area contributed by atoms with Gasteiger partial charge in [-0.1, -0.05) is 59.6 Å². The van der Waals surface area contributed by atoms with Crippen LogP contribution in [0.4, 0.5) is 11.4 Å². The number of fused-ring (bicyclic) bond motifs is 1. The van der Waals surface area contributed by atoms with E-state index < -0.39 is 11.8 Å². The van der Waals surface area contributed by atoms with Crippen LogP contribution in [0.2, 0.25) is 10.0 Å². The van der Waals surface area contributed by atoms with Crippen molar-refractivity contribution < 1.29 is 9.59 Å². The van der Waals surface area contributed by atoms with Crippen molar-refractivity contribution in [3.05, 3.63) is 98.5 Å². The average molecular weight is 508 g/mol. The highest BCUT2D eigenvalue weighted by atomic mass is 35.5. The third-order valence-corrected chi connectivity index (χ3v) is 7.13. The molecular formula is C26H19Cl2N3O2S. The van der Waals surface area contributed by atoms with Gasteiger partial charge in [-0.2, -0.15) is 0 Å². The molecule has 1 fully saturated rings. The lowest BCUT2D eigenvalue weighted by molar-refractivity contribution is -0.122. The average Bonchev–Trinajstić information content (AvgIpc) is 3.24. The van der Waals surface area contributed by atoms with Crippen LogP contribution in [0.1, 0.15) is 22.3 Å². The number of halogens is 2. The van der Waals surface area contributed by atoms with E-state index in [1.54, 1.807) is 24.3 Å². The number of aryl methyl sites for hydroxylation is 1. The van der Waals surface area contributed by atoms with E-state index in [0.29, 0.717) is 5.69 Å². The van der Waals surface area contributed by atoms with Gasteiger partial charge in [-0.15, -0.1) is 0 Å². The summed E-state index contributed by atoms with van der Waals surface area (Å²) in [5, 5.41) is 3.00. The van der Waals surface area contributed by atoms with Gasteiger partial charge in [-0.05, 0) is 71.7 Å². The van der Waals surface area contributed by atoms with Gasteiger partial charge in [0.1, 0.15) is 5.57 Å². The molecule has 0 bridgehead atoms. The monoisotopic (exact) mass is 507 g/mol. The van der Waals surface area contributed by atoms with Gasteiger partial charge in [-0.25, -0.2) is 0 Å². The molecular weight excluding hydrogens is 489 g/mol. The van der Waals surface area contributed by atoms with Crippen LogP contribution >= 0.6 is 35.4 Å². The van der Waals surface area contributed by atoms with E-state index in [9.17, 15) is 9.59 Å². The highest BCUT2D eigenvalue weighted by Gasteiger charge is 2.35. The third kappa shape index (κ3) is 3.98. The van der Waals surface area contributed by atoms with Crippen molar-refractivity contribution in [3.8, 4) is 0 Å². The molecule has 8 heteroatoms. The lowest BCUT2D eigenvalue weighted by Gasteiger charge is -2.29. The Labute approximate surface area is 212 Å². The lowest BCUT2D eigenvalue weighted by atomic mass is 10.0. The number of anilines is 2. The number of carbonyl (C=O) groups excluding carboxylic acids is 2. The number of amides is 2. The number of carbonyl (C=O) groups is 2. The minimum atomic E-state index is -0.559. The molecule has 1 saturated heterocycles. The molecule has 3 aromatic carbocycles. The molecule has 0 atom stereocenters. The molecule has 2 amide bonds. The van der Waals surface area contributed by atoms with Crippen LogP contribution in [0.25, 0.3) is 6.08 Å². The second kappa shape index (κ2) is 8.87. The second-order valence-electron chi connectivity index (χ2n) is 8.20. The molecule has 3 aromatic rings. The summed E-state index contributed by atoms with van der Waals surface area (Å²) in [5.41, 5.74) is 5.73. The number of hydrogen-bond acceptors (Lipinski definition) is 4. The Hall–Kier alpha value is -3.19. The summed E-state index contributed by atoms with van der Waals surface area (Å²) < 4.78 is 0. The lowest BCUT2D eigenvalue weighted by Crippen LogP contribution is -2.54. The van der Waals surface area contributed by atoms with Gasteiger partial charge < -0.3 is 4.90 Å². The van der Waals surface area contributed by atoms with E-state index >= 15 is 0 Å². The summed E-state index contributed by atoms with van der Waals surface area (Å²) in [6, 6.07) is 19.3. The number of rotatable bonds is 3. The topological polar surface area (TPSA) is 52.7 Å². The Morgan fingerprint density at radius 1 is 0.971 bits per heavy atom. The molecule has 34 heavy (non-hydrogen) atoms. The predicted molar refractivity (Wildman–Crippen MR) is 140 cm³/mol. The molecule has 0 radical (unpaired) electrons. The highest BCUT2D eigenvalue weighted by Crippen LogP contribution is 2.35. The molecule has 0 aliphatic carbocycles. The number of nitrogens with zero attached hydrogens (tertiary/aromatic N) is 2. The Bertz CT molecular complexity index is 1380. The predicted octanol–water partition coefficient (Wildman–Crippen LogP) is 5.65. The fourth-order valence-corrected chi connectivity index (χ4v) is 4.89. The quantitative estimate of drug-likeness (QED) is 0.282. The van der Waals surface area contributed by atoms with Gasteiger partial charge in [0.15, 0.2) is 5.11 Å². The summed E-state index contributed by atoms with van der Waals surface area (Å²) in [4.78, 5) is 29.5. The highest BCUT2D eigenvalue weighted by molar-refractivity contribution is 7.80. The number of thiocarbonyl (C=S) groups is 1. The first-order valence-corrected chi connectivity index (χ1v) is 11.8. The second-order valence-corrected chi connectivity index (χ2v) is 9.37.